The molecule has 5 rings (SSSR count). The molecule has 3 aromatic rings. The number of benzene rings is 2. The number of ether oxygens (including phenoxy) is 3. The van der Waals surface area contributed by atoms with E-state index in [1.54, 1.807) is 11.3 Å². The topological polar surface area (TPSA) is 48.0 Å². The summed E-state index contributed by atoms with van der Waals surface area (Å²) in [4.78, 5) is 16.1. The average molecular weight is 407 g/mol. The number of likely N-dealkylation sites (tertiary alicyclic amines) is 1. The van der Waals surface area contributed by atoms with E-state index >= 15 is 0 Å². The number of nitrogens with zero attached hydrogens (tertiary/aromatic N) is 1. The lowest BCUT2D eigenvalue weighted by atomic mass is 9.93. The van der Waals surface area contributed by atoms with E-state index in [1.165, 1.54) is 10.4 Å². The molecule has 6 heteroatoms. The van der Waals surface area contributed by atoms with Crippen molar-refractivity contribution in [1.29, 1.82) is 0 Å². The molecule has 0 unspecified atom stereocenters. The molecule has 0 N–H and O–H groups in total. The van der Waals surface area contributed by atoms with Gasteiger partial charge in [-0.15, -0.1) is 11.3 Å². The lowest BCUT2D eigenvalue weighted by molar-refractivity contribution is -0.165. The fraction of sp³-hybridized carbons (Fsp3) is 0.261. The SMILES string of the molecule is Cc1ccccc1O[C@H]1C(=O)N(Cc2ccc3c(c2)OCO3)[C@H]1c1sccc1C. The van der Waals surface area contributed by atoms with E-state index in [0.29, 0.717) is 6.54 Å². The van der Waals surface area contributed by atoms with Crippen molar-refractivity contribution < 1.29 is 19.0 Å². The van der Waals surface area contributed by atoms with Crippen LogP contribution in [-0.4, -0.2) is 23.7 Å². The first-order chi connectivity index (χ1) is 14.1. The largest absolute Gasteiger partial charge is 0.478 e. The van der Waals surface area contributed by atoms with Crippen molar-refractivity contribution in [3.8, 4) is 17.2 Å². The fourth-order valence-electron chi connectivity index (χ4n) is 3.84. The van der Waals surface area contributed by atoms with E-state index in [2.05, 4.69) is 18.4 Å². The summed E-state index contributed by atoms with van der Waals surface area (Å²) < 4.78 is 17.1. The summed E-state index contributed by atoms with van der Waals surface area (Å²) in [6.45, 7) is 4.82. The van der Waals surface area contributed by atoms with Crippen molar-refractivity contribution in [3.05, 3.63) is 75.5 Å². The van der Waals surface area contributed by atoms with Crippen LogP contribution >= 0.6 is 11.3 Å². The Kier molecular flexibility index (Phi) is 4.43. The van der Waals surface area contributed by atoms with Crippen molar-refractivity contribution in [3.63, 3.8) is 0 Å². The fourth-order valence-corrected chi connectivity index (χ4v) is 4.90. The molecule has 0 bridgehead atoms. The van der Waals surface area contributed by atoms with Crippen molar-refractivity contribution in [1.82, 2.24) is 4.90 Å². The van der Waals surface area contributed by atoms with Crippen LogP contribution in [-0.2, 0) is 11.3 Å². The predicted molar refractivity (Wildman–Crippen MR) is 111 cm³/mol. The molecule has 0 aliphatic carbocycles. The summed E-state index contributed by atoms with van der Waals surface area (Å²) in [5.74, 6) is 2.23. The van der Waals surface area contributed by atoms with E-state index in [-0.39, 0.29) is 18.7 Å². The summed E-state index contributed by atoms with van der Waals surface area (Å²) in [6.07, 6.45) is -0.512. The van der Waals surface area contributed by atoms with Gasteiger partial charge in [-0.25, -0.2) is 0 Å². The first-order valence-electron chi connectivity index (χ1n) is 9.57. The van der Waals surface area contributed by atoms with Gasteiger partial charge in [0.25, 0.3) is 5.91 Å². The second-order valence-corrected chi connectivity index (χ2v) is 8.32. The first kappa shape index (κ1) is 18.1. The highest BCUT2D eigenvalue weighted by atomic mass is 32.1. The number of carbonyl (C=O) groups is 1. The second-order valence-electron chi connectivity index (χ2n) is 7.37. The summed E-state index contributed by atoms with van der Waals surface area (Å²) in [5, 5.41) is 2.07. The Bertz CT molecular complexity index is 1080. The highest BCUT2D eigenvalue weighted by molar-refractivity contribution is 7.10. The second kappa shape index (κ2) is 7.12. The molecule has 1 saturated heterocycles. The van der Waals surface area contributed by atoms with Crippen molar-refractivity contribution in [2.24, 2.45) is 0 Å². The maximum Gasteiger partial charge on any atom is 0.267 e. The van der Waals surface area contributed by atoms with Gasteiger partial charge in [0.15, 0.2) is 11.5 Å². The maximum absolute atomic E-state index is 13.1. The molecule has 2 aliphatic heterocycles. The highest BCUT2D eigenvalue weighted by Gasteiger charge is 2.51. The molecule has 3 heterocycles. The average Bonchev–Trinajstić information content (AvgIpc) is 3.36. The van der Waals surface area contributed by atoms with Gasteiger partial charge in [-0.3, -0.25) is 4.79 Å². The Labute approximate surface area is 173 Å². The van der Waals surface area contributed by atoms with Gasteiger partial charge in [-0.05, 0) is 60.2 Å². The van der Waals surface area contributed by atoms with E-state index < -0.39 is 6.10 Å². The zero-order valence-electron chi connectivity index (χ0n) is 16.3. The third-order valence-corrected chi connectivity index (χ3v) is 6.55. The van der Waals surface area contributed by atoms with Gasteiger partial charge in [0.05, 0.1) is 0 Å². The Morgan fingerprint density at radius 1 is 1.07 bits per heavy atom. The van der Waals surface area contributed by atoms with E-state index in [1.807, 2.05) is 54.3 Å². The lowest BCUT2D eigenvalue weighted by Gasteiger charge is -2.46. The first-order valence-corrected chi connectivity index (χ1v) is 10.4. The van der Waals surface area contributed by atoms with Crippen LogP contribution in [0, 0.1) is 13.8 Å². The van der Waals surface area contributed by atoms with Gasteiger partial charge >= 0.3 is 0 Å². The molecule has 1 amide bonds. The molecule has 1 fully saturated rings. The number of β-lactam (4-membered cyclic amide) rings is 1. The van der Waals surface area contributed by atoms with Crippen LogP contribution in [0.5, 0.6) is 17.2 Å². The highest BCUT2D eigenvalue weighted by Crippen LogP contribution is 2.43. The lowest BCUT2D eigenvalue weighted by Crippen LogP contribution is -2.60. The minimum absolute atomic E-state index is 0.00344. The number of carbonyl (C=O) groups excluding carboxylic acids is 1. The van der Waals surface area contributed by atoms with Gasteiger partial charge in [0, 0.05) is 11.4 Å². The van der Waals surface area contributed by atoms with E-state index in [4.69, 9.17) is 14.2 Å². The zero-order chi connectivity index (χ0) is 20.0. The Morgan fingerprint density at radius 2 is 1.90 bits per heavy atom. The van der Waals surface area contributed by atoms with E-state index in [0.717, 1.165) is 28.4 Å². The van der Waals surface area contributed by atoms with Crippen LogP contribution < -0.4 is 14.2 Å². The van der Waals surface area contributed by atoms with Gasteiger partial charge in [-0.2, -0.15) is 0 Å². The standard InChI is InChI=1S/C23H21NO4S/c1-14-5-3-4-6-17(14)28-21-20(22-15(2)9-10-29-22)24(23(21)25)12-16-7-8-18-19(11-16)27-13-26-18/h3-11,20-21H,12-13H2,1-2H3/t20-,21-/m1/s1. The third kappa shape index (κ3) is 3.13. The van der Waals surface area contributed by atoms with Crippen molar-refractivity contribution >= 4 is 17.2 Å². The predicted octanol–water partition coefficient (Wildman–Crippen LogP) is 4.62. The molecular formula is C23H21NO4S. The number of hydrogen-bond acceptors (Lipinski definition) is 5. The van der Waals surface area contributed by atoms with Crippen LogP contribution in [0.15, 0.2) is 53.9 Å². The third-order valence-electron chi connectivity index (χ3n) is 5.46. The van der Waals surface area contributed by atoms with Crippen LogP contribution in [0.2, 0.25) is 0 Å². The minimum atomic E-state index is -0.512. The number of rotatable bonds is 5. The summed E-state index contributed by atoms with van der Waals surface area (Å²) >= 11 is 1.67. The molecule has 148 valence electrons. The number of thiophene rings is 1. The van der Waals surface area contributed by atoms with Crippen LogP contribution in [0.25, 0.3) is 0 Å². The van der Waals surface area contributed by atoms with E-state index in [9.17, 15) is 4.79 Å². The zero-order valence-corrected chi connectivity index (χ0v) is 17.1. The van der Waals surface area contributed by atoms with Crippen LogP contribution in [0.1, 0.15) is 27.6 Å². The molecule has 5 nitrogen and oxygen atoms in total. The molecule has 2 aromatic carbocycles. The summed E-state index contributed by atoms with van der Waals surface area (Å²) in [6, 6.07) is 15.6. The number of amides is 1. The minimum Gasteiger partial charge on any atom is -0.478 e. The molecule has 29 heavy (non-hydrogen) atoms. The van der Waals surface area contributed by atoms with Crippen molar-refractivity contribution in [2.75, 3.05) is 6.79 Å². The van der Waals surface area contributed by atoms with Gasteiger partial charge in [0.2, 0.25) is 12.9 Å². The van der Waals surface area contributed by atoms with Crippen LogP contribution in [0.3, 0.4) is 0 Å². The monoisotopic (exact) mass is 407 g/mol. The normalized spacial score (nSPS) is 19.9. The number of para-hydroxylation sites is 1. The Balaban J connectivity index is 1.43. The Morgan fingerprint density at radius 3 is 2.69 bits per heavy atom. The van der Waals surface area contributed by atoms with Gasteiger partial charge in [-0.1, -0.05) is 24.3 Å². The Hall–Kier alpha value is -2.99. The number of aryl methyl sites for hydroxylation is 2. The number of hydrogen-bond donors (Lipinski definition) is 0. The molecule has 2 atom stereocenters. The van der Waals surface area contributed by atoms with Crippen LogP contribution in [0.4, 0.5) is 0 Å². The van der Waals surface area contributed by atoms with Gasteiger partial charge in [0.1, 0.15) is 11.8 Å². The smallest absolute Gasteiger partial charge is 0.267 e. The molecule has 0 saturated carbocycles. The maximum atomic E-state index is 13.1. The van der Waals surface area contributed by atoms with Crippen molar-refractivity contribution in [2.45, 2.75) is 32.5 Å². The molecule has 1 aromatic heterocycles. The molecule has 0 radical (unpaired) electrons. The summed E-state index contributed by atoms with van der Waals surface area (Å²) in [5.41, 5.74) is 3.22. The summed E-state index contributed by atoms with van der Waals surface area (Å²) in [7, 11) is 0. The number of fused-ring (bicyclic) bond motifs is 1. The molecular weight excluding hydrogens is 386 g/mol. The molecule has 0 spiro atoms. The molecule has 2 aliphatic rings. The van der Waals surface area contributed by atoms with Gasteiger partial charge < -0.3 is 19.1 Å². The quantitative estimate of drug-likeness (QED) is 0.579.